The van der Waals surface area contributed by atoms with Crippen LogP contribution in [-0.4, -0.2) is 53.6 Å². The van der Waals surface area contributed by atoms with Crippen LogP contribution < -0.4 is 10.1 Å². The first-order valence-electron chi connectivity index (χ1n) is 11.7. The molecule has 4 rings (SSSR count). The first-order valence-corrected chi connectivity index (χ1v) is 11.7. The van der Waals surface area contributed by atoms with Gasteiger partial charge in [-0.2, -0.15) is 4.98 Å². The summed E-state index contributed by atoms with van der Waals surface area (Å²) in [7, 11) is 1.61. The van der Waals surface area contributed by atoms with Crippen molar-refractivity contribution >= 4 is 11.8 Å². The topological polar surface area (TPSA) is 97.6 Å². The van der Waals surface area contributed by atoms with Gasteiger partial charge in [-0.3, -0.25) is 9.59 Å². The predicted molar refractivity (Wildman–Crippen MR) is 127 cm³/mol. The molecule has 0 saturated carbocycles. The molecule has 0 spiro atoms. The molecular weight excluding hydrogens is 432 g/mol. The minimum absolute atomic E-state index is 0.000930. The van der Waals surface area contributed by atoms with Gasteiger partial charge in [0.25, 0.3) is 0 Å². The van der Waals surface area contributed by atoms with E-state index in [-0.39, 0.29) is 30.6 Å². The van der Waals surface area contributed by atoms with Crippen LogP contribution in [0.15, 0.2) is 59.1 Å². The Kier molecular flexibility index (Phi) is 7.91. The third-order valence-corrected chi connectivity index (χ3v) is 6.07. The quantitative estimate of drug-likeness (QED) is 0.622. The summed E-state index contributed by atoms with van der Waals surface area (Å²) in [4.78, 5) is 31.8. The molecule has 1 unspecified atom stereocenters. The number of rotatable bonds is 5. The maximum Gasteiger partial charge on any atom is 0.230 e. The lowest BCUT2D eigenvalue weighted by atomic mass is 9.99. The van der Waals surface area contributed by atoms with E-state index in [0.717, 1.165) is 29.7 Å². The van der Waals surface area contributed by atoms with Gasteiger partial charge >= 0.3 is 0 Å². The number of amides is 2. The second-order valence-electron chi connectivity index (χ2n) is 8.46. The number of carbonyl (C=O) groups is 2. The number of benzene rings is 2. The Morgan fingerprint density at radius 1 is 1.15 bits per heavy atom. The maximum absolute atomic E-state index is 13.0. The second-order valence-corrected chi connectivity index (χ2v) is 8.46. The number of ether oxygens (including phenoxy) is 1. The zero-order valence-corrected chi connectivity index (χ0v) is 19.4. The van der Waals surface area contributed by atoms with E-state index in [9.17, 15) is 9.59 Å². The zero-order valence-electron chi connectivity index (χ0n) is 19.4. The van der Waals surface area contributed by atoms with Gasteiger partial charge in [0, 0.05) is 37.5 Å². The molecule has 2 heterocycles. The SMILES string of the molecule is COc1cccc(CC(=O)N2CCCC(c3nc(-c4ccccc4)no3)CCNC(=O)CC2)c1. The highest BCUT2D eigenvalue weighted by Crippen LogP contribution is 2.26. The van der Waals surface area contributed by atoms with Crippen molar-refractivity contribution in [1.82, 2.24) is 20.4 Å². The Bertz CT molecular complexity index is 1100. The molecule has 1 N–H and O–H groups in total. The molecule has 1 aromatic heterocycles. The molecule has 0 aliphatic carbocycles. The number of nitrogens with zero attached hydrogens (tertiary/aromatic N) is 3. The van der Waals surface area contributed by atoms with E-state index in [1.165, 1.54) is 0 Å². The van der Waals surface area contributed by atoms with Gasteiger partial charge in [0.15, 0.2) is 0 Å². The van der Waals surface area contributed by atoms with Crippen molar-refractivity contribution in [2.45, 2.75) is 38.0 Å². The van der Waals surface area contributed by atoms with Gasteiger partial charge in [-0.1, -0.05) is 47.6 Å². The molecule has 0 radical (unpaired) electrons. The molecule has 8 heteroatoms. The molecule has 1 saturated heterocycles. The first kappa shape index (κ1) is 23.5. The molecular formula is C26H30N4O4. The van der Waals surface area contributed by atoms with Crippen LogP contribution in [0.3, 0.4) is 0 Å². The Balaban J connectivity index is 1.43. The van der Waals surface area contributed by atoms with Crippen LogP contribution in [0.4, 0.5) is 0 Å². The monoisotopic (exact) mass is 462 g/mol. The molecule has 0 bridgehead atoms. The minimum Gasteiger partial charge on any atom is -0.497 e. The van der Waals surface area contributed by atoms with Crippen molar-refractivity contribution in [2.75, 3.05) is 26.7 Å². The van der Waals surface area contributed by atoms with E-state index < -0.39 is 0 Å². The summed E-state index contributed by atoms with van der Waals surface area (Å²) >= 11 is 0. The highest BCUT2D eigenvalue weighted by atomic mass is 16.5. The average molecular weight is 463 g/mol. The van der Waals surface area contributed by atoms with E-state index in [4.69, 9.17) is 9.26 Å². The largest absolute Gasteiger partial charge is 0.497 e. The Labute approximate surface area is 199 Å². The summed E-state index contributed by atoms with van der Waals surface area (Å²) in [6.07, 6.45) is 2.83. The van der Waals surface area contributed by atoms with Crippen LogP contribution in [-0.2, 0) is 16.0 Å². The fraction of sp³-hybridized carbons (Fsp3) is 0.385. The molecule has 8 nitrogen and oxygen atoms in total. The Morgan fingerprint density at radius 2 is 2.00 bits per heavy atom. The molecule has 1 aliphatic rings. The van der Waals surface area contributed by atoms with Crippen molar-refractivity contribution in [3.63, 3.8) is 0 Å². The predicted octanol–water partition coefficient (Wildman–Crippen LogP) is 3.59. The van der Waals surface area contributed by atoms with Gasteiger partial charge in [-0.05, 0) is 37.0 Å². The smallest absolute Gasteiger partial charge is 0.230 e. The molecule has 34 heavy (non-hydrogen) atoms. The van der Waals surface area contributed by atoms with Crippen molar-refractivity contribution < 1.29 is 18.8 Å². The lowest BCUT2D eigenvalue weighted by Crippen LogP contribution is -2.36. The van der Waals surface area contributed by atoms with Crippen molar-refractivity contribution in [3.8, 4) is 17.1 Å². The summed E-state index contributed by atoms with van der Waals surface area (Å²) in [6, 6.07) is 17.2. The summed E-state index contributed by atoms with van der Waals surface area (Å²) < 4.78 is 10.9. The normalized spacial score (nSPS) is 17.5. The first-order chi connectivity index (χ1) is 16.6. The fourth-order valence-electron chi connectivity index (χ4n) is 4.17. The molecule has 178 valence electrons. The minimum atomic E-state index is -0.0599. The lowest BCUT2D eigenvalue weighted by Gasteiger charge is -2.23. The van der Waals surface area contributed by atoms with Crippen molar-refractivity contribution in [3.05, 3.63) is 66.1 Å². The average Bonchev–Trinajstić information content (AvgIpc) is 3.34. The third kappa shape index (κ3) is 6.21. The van der Waals surface area contributed by atoms with Gasteiger partial charge in [-0.25, -0.2) is 0 Å². The number of nitrogens with one attached hydrogen (secondary N) is 1. The van der Waals surface area contributed by atoms with Crippen LogP contribution in [0.25, 0.3) is 11.4 Å². The lowest BCUT2D eigenvalue weighted by molar-refractivity contribution is -0.131. The van der Waals surface area contributed by atoms with E-state index in [1.54, 1.807) is 12.0 Å². The van der Waals surface area contributed by atoms with Crippen LogP contribution in [0.1, 0.15) is 43.1 Å². The van der Waals surface area contributed by atoms with Crippen LogP contribution in [0.2, 0.25) is 0 Å². The van der Waals surface area contributed by atoms with Gasteiger partial charge in [-0.15, -0.1) is 0 Å². The molecule has 1 fully saturated rings. The van der Waals surface area contributed by atoms with Crippen LogP contribution in [0.5, 0.6) is 5.75 Å². The third-order valence-electron chi connectivity index (χ3n) is 6.07. The maximum atomic E-state index is 13.0. The van der Waals surface area contributed by atoms with Gasteiger partial charge in [0.05, 0.1) is 13.5 Å². The van der Waals surface area contributed by atoms with Crippen LogP contribution in [0, 0.1) is 0 Å². The number of carbonyl (C=O) groups excluding carboxylic acids is 2. The van der Waals surface area contributed by atoms with E-state index in [0.29, 0.717) is 37.8 Å². The Hall–Kier alpha value is -3.68. The number of methoxy groups -OCH3 is 1. The summed E-state index contributed by atoms with van der Waals surface area (Å²) in [6.45, 7) is 1.51. The van der Waals surface area contributed by atoms with Gasteiger partial charge in [0.2, 0.25) is 23.5 Å². The molecule has 1 aliphatic heterocycles. The molecule has 2 aromatic carbocycles. The number of aromatic nitrogens is 2. The Morgan fingerprint density at radius 3 is 2.82 bits per heavy atom. The summed E-state index contributed by atoms with van der Waals surface area (Å²) in [5.74, 6) is 1.81. The molecule has 2 amide bonds. The van der Waals surface area contributed by atoms with Gasteiger partial charge < -0.3 is 19.5 Å². The fourth-order valence-corrected chi connectivity index (χ4v) is 4.17. The highest BCUT2D eigenvalue weighted by Gasteiger charge is 2.23. The number of hydrogen-bond acceptors (Lipinski definition) is 6. The number of hydrogen-bond donors (Lipinski definition) is 1. The summed E-state index contributed by atoms with van der Waals surface area (Å²) in [5, 5.41) is 7.11. The zero-order chi connectivity index (χ0) is 23.8. The van der Waals surface area contributed by atoms with Gasteiger partial charge in [0.1, 0.15) is 5.75 Å². The van der Waals surface area contributed by atoms with E-state index in [2.05, 4.69) is 15.5 Å². The highest BCUT2D eigenvalue weighted by molar-refractivity contribution is 5.80. The second kappa shape index (κ2) is 11.4. The van der Waals surface area contributed by atoms with Crippen molar-refractivity contribution in [1.29, 1.82) is 0 Å². The molecule has 1 atom stereocenters. The van der Waals surface area contributed by atoms with E-state index in [1.807, 2.05) is 54.6 Å². The molecule has 3 aromatic rings. The summed E-state index contributed by atoms with van der Waals surface area (Å²) in [5.41, 5.74) is 1.79. The van der Waals surface area contributed by atoms with E-state index >= 15 is 0 Å². The van der Waals surface area contributed by atoms with Crippen LogP contribution >= 0.6 is 0 Å². The van der Waals surface area contributed by atoms with Crippen molar-refractivity contribution in [2.24, 2.45) is 0 Å². The standard InChI is InChI=1S/C26H30N4O4/c1-33-22-11-5-7-19(17-22)18-24(32)30-15-6-10-21(12-14-27-23(31)13-16-30)26-28-25(29-34-26)20-8-3-2-4-9-20/h2-5,7-9,11,17,21H,6,10,12-16,18H2,1H3,(H,27,31).